The Hall–Kier alpha value is -0.300. The number of unbranched alkanes of at least 4 members (excludes halogenated alkanes) is 6. The summed E-state index contributed by atoms with van der Waals surface area (Å²) in [5, 5.41) is 0. The van der Waals surface area contributed by atoms with E-state index in [4.69, 9.17) is 4.55 Å². The van der Waals surface area contributed by atoms with Crippen molar-refractivity contribution < 1.29 is 26.1 Å². The van der Waals surface area contributed by atoms with Gasteiger partial charge in [0.1, 0.15) is 6.17 Å². The number of alkyl halides is 3. The molecule has 0 fully saturated rings. The van der Waals surface area contributed by atoms with Gasteiger partial charge in [-0.1, -0.05) is 38.5 Å². The van der Waals surface area contributed by atoms with Gasteiger partial charge < -0.3 is 0 Å². The van der Waals surface area contributed by atoms with E-state index in [0.717, 1.165) is 25.7 Å². The molecule has 7 heteroatoms. The number of hydrogen-bond donors (Lipinski definition) is 1. The van der Waals surface area contributed by atoms with Crippen molar-refractivity contribution in [2.75, 3.05) is 6.67 Å². The summed E-state index contributed by atoms with van der Waals surface area (Å²) in [4.78, 5) is 0. The standard InChI is InChI=1S/C11H21F3O3S/c12-9-7-5-3-1-2-4-6-8-10(13)11(14)18(15,16)17/h10-11H,1-9H2,(H,15,16,17). The number of rotatable bonds is 11. The predicted octanol–water partition coefficient (Wildman–Crippen LogP) is 3.60. The van der Waals surface area contributed by atoms with Crippen LogP contribution in [0, 0.1) is 0 Å². The molecule has 0 saturated carbocycles. The third-order valence-electron chi connectivity index (χ3n) is 2.68. The molecule has 0 spiro atoms. The molecule has 1 N–H and O–H groups in total. The fourth-order valence-electron chi connectivity index (χ4n) is 1.64. The maximum atomic E-state index is 13.0. The van der Waals surface area contributed by atoms with Crippen molar-refractivity contribution in [2.24, 2.45) is 0 Å². The maximum Gasteiger partial charge on any atom is 0.300 e. The van der Waals surface area contributed by atoms with Crippen LogP contribution in [0.25, 0.3) is 0 Å². The zero-order chi connectivity index (χ0) is 14.0. The van der Waals surface area contributed by atoms with Gasteiger partial charge in [-0.05, 0) is 12.8 Å². The molecule has 0 aliphatic carbocycles. The van der Waals surface area contributed by atoms with Crippen LogP contribution >= 0.6 is 0 Å². The highest BCUT2D eigenvalue weighted by molar-refractivity contribution is 7.86. The van der Waals surface area contributed by atoms with Gasteiger partial charge in [-0.3, -0.25) is 8.94 Å². The van der Waals surface area contributed by atoms with E-state index in [0.29, 0.717) is 19.3 Å². The molecule has 110 valence electrons. The summed E-state index contributed by atoms with van der Waals surface area (Å²) in [5.74, 6) is 0. The van der Waals surface area contributed by atoms with E-state index in [2.05, 4.69) is 0 Å². The lowest BCUT2D eigenvalue weighted by Crippen LogP contribution is -2.26. The molecule has 2 atom stereocenters. The van der Waals surface area contributed by atoms with Gasteiger partial charge in [-0.25, -0.2) is 8.78 Å². The monoisotopic (exact) mass is 290 g/mol. The minimum Gasteiger partial charge on any atom is -0.283 e. The fourth-order valence-corrected chi connectivity index (χ4v) is 2.14. The van der Waals surface area contributed by atoms with Crippen LogP contribution in [-0.4, -0.2) is 31.3 Å². The lowest BCUT2D eigenvalue weighted by Gasteiger charge is -2.10. The summed E-state index contributed by atoms with van der Waals surface area (Å²) in [6.45, 7) is -0.308. The average molecular weight is 290 g/mol. The zero-order valence-corrected chi connectivity index (χ0v) is 11.1. The lowest BCUT2D eigenvalue weighted by molar-refractivity contribution is 0.200. The van der Waals surface area contributed by atoms with Crippen molar-refractivity contribution in [2.45, 2.75) is 63.0 Å². The van der Waals surface area contributed by atoms with E-state index in [1.807, 2.05) is 0 Å². The molecule has 0 aromatic heterocycles. The van der Waals surface area contributed by atoms with E-state index in [1.54, 1.807) is 0 Å². The SMILES string of the molecule is O=S(=O)(O)C(F)C(F)CCCCCCCCCF. The highest BCUT2D eigenvalue weighted by atomic mass is 32.2. The van der Waals surface area contributed by atoms with Crippen molar-refractivity contribution in [3.8, 4) is 0 Å². The largest absolute Gasteiger partial charge is 0.300 e. The molecule has 0 heterocycles. The third-order valence-corrected chi connectivity index (χ3v) is 3.55. The Morgan fingerprint density at radius 3 is 1.78 bits per heavy atom. The van der Waals surface area contributed by atoms with Gasteiger partial charge in [0, 0.05) is 0 Å². The molecule has 3 nitrogen and oxygen atoms in total. The molecule has 0 saturated heterocycles. The summed E-state index contributed by atoms with van der Waals surface area (Å²) in [6.07, 6.45) is 2.71. The Kier molecular flexibility index (Phi) is 9.45. The molecule has 0 aliphatic heterocycles. The Labute approximate surface area is 107 Å². The number of halogens is 3. The first-order chi connectivity index (χ1) is 8.39. The lowest BCUT2D eigenvalue weighted by atomic mass is 10.1. The van der Waals surface area contributed by atoms with Crippen molar-refractivity contribution in [3.05, 3.63) is 0 Å². The molecule has 0 bridgehead atoms. The van der Waals surface area contributed by atoms with Gasteiger partial charge in [-0.2, -0.15) is 8.42 Å². The molecular weight excluding hydrogens is 269 g/mol. The van der Waals surface area contributed by atoms with Gasteiger partial charge in [0.15, 0.2) is 0 Å². The Bertz CT molecular complexity index is 296. The van der Waals surface area contributed by atoms with Crippen LogP contribution in [0.4, 0.5) is 13.2 Å². The van der Waals surface area contributed by atoms with E-state index in [9.17, 15) is 21.6 Å². The van der Waals surface area contributed by atoms with Gasteiger partial charge in [0.25, 0.3) is 5.50 Å². The molecule has 18 heavy (non-hydrogen) atoms. The summed E-state index contributed by atoms with van der Waals surface area (Å²) in [6, 6.07) is 0. The molecule has 0 aromatic rings. The molecular formula is C11H21F3O3S. The van der Waals surface area contributed by atoms with Crippen LogP contribution in [0.15, 0.2) is 0 Å². The molecule has 0 amide bonds. The third kappa shape index (κ3) is 8.74. The second-order valence-electron chi connectivity index (χ2n) is 4.33. The second kappa shape index (κ2) is 9.61. The zero-order valence-electron chi connectivity index (χ0n) is 10.3. The fraction of sp³-hybridized carbons (Fsp3) is 1.00. The summed E-state index contributed by atoms with van der Waals surface area (Å²) < 4.78 is 66.5. The van der Waals surface area contributed by atoms with Crippen molar-refractivity contribution in [1.82, 2.24) is 0 Å². The van der Waals surface area contributed by atoms with E-state index >= 15 is 0 Å². The average Bonchev–Trinajstić information content (AvgIpc) is 2.30. The Morgan fingerprint density at radius 2 is 1.33 bits per heavy atom. The molecule has 0 aromatic carbocycles. The van der Waals surface area contributed by atoms with Gasteiger partial charge in [0.2, 0.25) is 0 Å². The van der Waals surface area contributed by atoms with Gasteiger partial charge >= 0.3 is 10.1 Å². The first kappa shape index (κ1) is 17.7. The van der Waals surface area contributed by atoms with E-state index in [1.165, 1.54) is 0 Å². The smallest absolute Gasteiger partial charge is 0.283 e. The Balaban J connectivity index is 3.49. The van der Waals surface area contributed by atoms with Crippen molar-refractivity contribution in [1.29, 1.82) is 0 Å². The van der Waals surface area contributed by atoms with Crippen molar-refractivity contribution in [3.63, 3.8) is 0 Å². The number of hydrogen-bond acceptors (Lipinski definition) is 2. The maximum absolute atomic E-state index is 13.0. The van der Waals surface area contributed by atoms with Crippen LogP contribution in [0.2, 0.25) is 0 Å². The van der Waals surface area contributed by atoms with Crippen molar-refractivity contribution >= 4 is 10.1 Å². The normalized spacial score (nSPS) is 15.6. The minimum absolute atomic E-state index is 0.217. The van der Waals surface area contributed by atoms with Crippen LogP contribution in [0.5, 0.6) is 0 Å². The molecule has 2 unspecified atom stereocenters. The van der Waals surface area contributed by atoms with Crippen LogP contribution < -0.4 is 0 Å². The topological polar surface area (TPSA) is 54.4 Å². The summed E-state index contributed by atoms with van der Waals surface area (Å²) in [7, 11) is -4.94. The quantitative estimate of drug-likeness (QED) is 0.467. The summed E-state index contributed by atoms with van der Waals surface area (Å²) in [5.41, 5.74) is -2.85. The van der Waals surface area contributed by atoms with E-state index in [-0.39, 0.29) is 13.1 Å². The Morgan fingerprint density at radius 1 is 0.889 bits per heavy atom. The van der Waals surface area contributed by atoms with Crippen LogP contribution in [-0.2, 0) is 10.1 Å². The first-order valence-corrected chi connectivity index (χ1v) is 7.70. The highest BCUT2D eigenvalue weighted by Gasteiger charge is 2.31. The van der Waals surface area contributed by atoms with Gasteiger partial charge in [-0.15, -0.1) is 0 Å². The molecule has 0 aliphatic rings. The predicted molar refractivity (Wildman–Crippen MR) is 64.3 cm³/mol. The molecule has 0 radical (unpaired) electrons. The van der Waals surface area contributed by atoms with E-state index < -0.39 is 21.8 Å². The minimum atomic E-state index is -4.94. The highest BCUT2D eigenvalue weighted by Crippen LogP contribution is 2.17. The van der Waals surface area contributed by atoms with Crippen LogP contribution in [0.1, 0.15) is 51.4 Å². The van der Waals surface area contributed by atoms with Crippen LogP contribution in [0.3, 0.4) is 0 Å². The summed E-state index contributed by atoms with van der Waals surface area (Å²) >= 11 is 0. The molecule has 0 rings (SSSR count). The van der Waals surface area contributed by atoms with Gasteiger partial charge in [0.05, 0.1) is 6.67 Å². The first-order valence-electron chi connectivity index (χ1n) is 6.20. The second-order valence-corrected chi connectivity index (χ2v) is 5.81.